The van der Waals surface area contributed by atoms with Gasteiger partial charge in [-0.05, 0) is 54.8 Å². The summed E-state index contributed by atoms with van der Waals surface area (Å²) in [6.45, 7) is 3.06. The van der Waals surface area contributed by atoms with Crippen molar-refractivity contribution in [2.45, 2.75) is 19.4 Å². The van der Waals surface area contributed by atoms with Crippen molar-refractivity contribution in [1.29, 1.82) is 0 Å². The van der Waals surface area contributed by atoms with Crippen LogP contribution in [0.2, 0.25) is 0 Å². The maximum atomic E-state index is 14.8. The molecule has 0 N–H and O–H groups in total. The molecule has 9 heteroatoms. The third-order valence-electron chi connectivity index (χ3n) is 5.90. The van der Waals surface area contributed by atoms with Crippen LogP contribution in [-0.2, 0) is 11.2 Å². The SMILES string of the molecule is Cc1cccc(C(=O)N2CCOC[C@H]2Cc2cc(-c3ncccn3)ccc2F)c1-n1nccn1. The number of aromatic nitrogens is 5. The molecule has 3 heterocycles. The Hall–Kier alpha value is -3.98. The molecule has 2 aromatic heterocycles. The summed E-state index contributed by atoms with van der Waals surface area (Å²) in [5, 5.41) is 8.44. The zero-order valence-corrected chi connectivity index (χ0v) is 18.6. The van der Waals surface area contributed by atoms with Crippen LogP contribution in [0.3, 0.4) is 0 Å². The molecule has 0 bridgehead atoms. The zero-order chi connectivity index (χ0) is 23.5. The van der Waals surface area contributed by atoms with Crippen LogP contribution in [0.4, 0.5) is 4.39 Å². The van der Waals surface area contributed by atoms with E-state index in [-0.39, 0.29) is 17.8 Å². The summed E-state index contributed by atoms with van der Waals surface area (Å²) in [5.41, 5.74) is 3.22. The molecule has 0 saturated carbocycles. The molecule has 0 spiro atoms. The highest BCUT2D eigenvalue weighted by Gasteiger charge is 2.31. The summed E-state index contributed by atoms with van der Waals surface area (Å²) in [7, 11) is 0. The number of amides is 1. The van der Waals surface area contributed by atoms with E-state index in [0.717, 1.165) is 11.1 Å². The fraction of sp³-hybridized carbons (Fsp3) is 0.240. The lowest BCUT2D eigenvalue weighted by Crippen LogP contribution is -2.50. The standard InChI is InChI=1S/C25H23FN6O2/c1-17-4-2-5-21(23(17)32-29-10-11-30-32)25(33)31-12-13-34-16-20(31)15-19-14-18(6-7-22(19)26)24-27-8-3-9-28-24/h2-11,14,20H,12-13,15-16H2,1H3/t20-/m1/s1. The van der Waals surface area contributed by atoms with Crippen molar-refractivity contribution in [2.75, 3.05) is 19.8 Å². The molecule has 1 saturated heterocycles. The van der Waals surface area contributed by atoms with E-state index in [1.165, 1.54) is 10.9 Å². The van der Waals surface area contributed by atoms with Crippen molar-refractivity contribution in [3.63, 3.8) is 0 Å². The van der Waals surface area contributed by atoms with Crippen molar-refractivity contribution < 1.29 is 13.9 Å². The van der Waals surface area contributed by atoms with E-state index >= 15 is 0 Å². The molecule has 2 aromatic carbocycles. The molecule has 34 heavy (non-hydrogen) atoms. The number of nitrogens with zero attached hydrogens (tertiary/aromatic N) is 6. The summed E-state index contributed by atoms with van der Waals surface area (Å²) in [6.07, 6.45) is 6.75. The first-order valence-corrected chi connectivity index (χ1v) is 11.0. The molecule has 1 amide bonds. The van der Waals surface area contributed by atoms with Crippen LogP contribution in [0, 0.1) is 12.7 Å². The van der Waals surface area contributed by atoms with Gasteiger partial charge in [-0.1, -0.05) is 12.1 Å². The van der Waals surface area contributed by atoms with E-state index in [1.807, 2.05) is 19.1 Å². The van der Waals surface area contributed by atoms with E-state index < -0.39 is 0 Å². The number of hydrogen-bond acceptors (Lipinski definition) is 6. The average molecular weight is 458 g/mol. The summed E-state index contributed by atoms with van der Waals surface area (Å²) in [4.78, 5) is 25.5. The Bertz CT molecular complexity index is 1300. The number of rotatable bonds is 5. The number of carbonyl (C=O) groups is 1. The largest absolute Gasteiger partial charge is 0.377 e. The van der Waals surface area contributed by atoms with E-state index in [1.54, 1.807) is 54.0 Å². The lowest BCUT2D eigenvalue weighted by atomic mass is 9.99. The normalized spacial score (nSPS) is 15.9. The highest BCUT2D eigenvalue weighted by atomic mass is 19.1. The van der Waals surface area contributed by atoms with Crippen LogP contribution >= 0.6 is 0 Å². The number of ether oxygens (including phenoxy) is 1. The molecule has 1 atom stereocenters. The molecular formula is C25H23FN6O2. The van der Waals surface area contributed by atoms with Crippen molar-refractivity contribution in [1.82, 2.24) is 29.9 Å². The number of carbonyl (C=O) groups excluding carboxylic acids is 1. The fourth-order valence-corrected chi connectivity index (χ4v) is 4.25. The quantitative estimate of drug-likeness (QED) is 0.456. The van der Waals surface area contributed by atoms with Crippen LogP contribution in [0.1, 0.15) is 21.5 Å². The summed E-state index contributed by atoms with van der Waals surface area (Å²) >= 11 is 0. The van der Waals surface area contributed by atoms with Crippen molar-refractivity contribution in [3.8, 4) is 17.1 Å². The van der Waals surface area contributed by atoms with Gasteiger partial charge in [0.1, 0.15) is 11.5 Å². The smallest absolute Gasteiger partial charge is 0.256 e. The van der Waals surface area contributed by atoms with Gasteiger partial charge in [0.25, 0.3) is 5.91 Å². The van der Waals surface area contributed by atoms with Crippen LogP contribution in [0.5, 0.6) is 0 Å². The van der Waals surface area contributed by atoms with Gasteiger partial charge >= 0.3 is 0 Å². The third kappa shape index (κ3) is 4.29. The van der Waals surface area contributed by atoms with Crippen LogP contribution in [0.25, 0.3) is 17.1 Å². The number of hydrogen-bond donors (Lipinski definition) is 0. The maximum Gasteiger partial charge on any atom is 0.256 e. The van der Waals surface area contributed by atoms with E-state index in [4.69, 9.17) is 4.74 Å². The summed E-state index contributed by atoms with van der Waals surface area (Å²) in [5.74, 6) is 0.0228. The molecule has 5 rings (SSSR count). The minimum absolute atomic E-state index is 0.160. The second-order valence-corrected chi connectivity index (χ2v) is 8.10. The highest BCUT2D eigenvalue weighted by molar-refractivity contribution is 5.98. The molecule has 0 radical (unpaired) electrons. The minimum Gasteiger partial charge on any atom is -0.377 e. The van der Waals surface area contributed by atoms with Crippen molar-refractivity contribution >= 4 is 5.91 Å². The molecule has 1 aliphatic heterocycles. The summed E-state index contributed by atoms with van der Waals surface area (Å²) < 4.78 is 20.5. The Labute approximate surface area is 196 Å². The predicted octanol–water partition coefficient (Wildman–Crippen LogP) is 3.26. The lowest BCUT2D eigenvalue weighted by Gasteiger charge is -2.36. The molecule has 1 aliphatic rings. The van der Waals surface area contributed by atoms with Gasteiger partial charge in [-0.2, -0.15) is 15.0 Å². The Morgan fingerprint density at radius 2 is 1.88 bits per heavy atom. The van der Waals surface area contributed by atoms with Crippen LogP contribution in [-0.4, -0.2) is 61.6 Å². The van der Waals surface area contributed by atoms with E-state index in [9.17, 15) is 9.18 Å². The molecule has 8 nitrogen and oxygen atoms in total. The van der Waals surface area contributed by atoms with Gasteiger partial charge in [0, 0.05) is 24.5 Å². The van der Waals surface area contributed by atoms with Crippen molar-refractivity contribution in [3.05, 3.63) is 89.8 Å². The van der Waals surface area contributed by atoms with E-state index in [0.29, 0.717) is 48.8 Å². The Kier molecular flexibility index (Phi) is 6.09. The summed E-state index contributed by atoms with van der Waals surface area (Å²) in [6, 6.07) is 11.7. The molecule has 4 aromatic rings. The van der Waals surface area contributed by atoms with Gasteiger partial charge in [0.05, 0.1) is 37.2 Å². The highest BCUT2D eigenvalue weighted by Crippen LogP contribution is 2.25. The van der Waals surface area contributed by atoms with Gasteiger partial charge < -0.3 is 9.64 Å². The second-order valence-electron chi connectivity index (χ2n) is 8.10. The Morgan fingerprint density at radius 1 is 1.09 bits per heavy atom. The number of benzene rings is 2. The van der Waals surface area contributed by atoms with Crippen LogP contribution in [0.15, 0.2) is 67.3 Å². The monoisotopic (exact) mass is 458 g/mol. The van der Waals surface area contributed by atoms with Gasteiger partial charge in [-0.15, -0.1) is 0 Å². The maximum absolute atomic E-state index is 14.8. The molecule has 1 fully saturated rings. The fourth-order valence-electron chi connectivity index (χ4n) is 4.25. The first-order chi connectivity index (χ1) is 16.6. The van der Waals surface area contributed by atoms with Gasteiger partial charge in [-0.25, -0.2) is 14.4 Å². The Morgan fingerprint density at radius 3 is 2.68 bits per heavy atom. The number of para-hydroxylation sites is 1. The molecule has 0 unspecified atom stereocenters. The first kappa shape index (κ1) is 21.8. The lowest BCUT2D eigenvalue weighted by molar-refractivity contribution is -0.00185. The molecule has 0 aliphatic carbocycles. The van der Waals surface area contributed by atoms with Crippen LogP contribution < -0.4 is 0 Å². The molecular weight excluding hydrogens is 435 g/mol. The van der Waals surface area contributed by atoms with Gasteiger partial charge in [-0.3, -0.25) is 4.79 Å². The van der Waals surface area contributed by atoms with Gasteiger partial charge in [0.2, 0.25) is 0 Å². The topological polar surface area (TPSA) is 86.0 Å². The average Bonchev–Trinajstić information content (AvgIpc) is 3.40. The van der Waals surface area contributed by atoms with Gasteiger partial charge in [0.15, 0.2) is 5.82 Å². The first-order valence-electron chi connectivity index (χ1n) is 11.0. The zero-order valence-electron chi connectivity index (χ0n) is 18.6. The molecule has 172 valence electrons. The predicted molar refractivity (Wildman–Crippen MR) is 123 cm³/mol. The number of halogens is 1. The Balaban J connectivity index is 1.46. The number of aryl methyl sites for hydroxylation is 1. The third-order valence-corrected chi connectivity index (χ3v) is 5.90. The number of morpholine rings is 1. The second kappa shape index (κ2) is 9.48. The van der Waals surface area contributed by atoms with E-state index in [2.05, 4.69) is 20.2 Å². The minimum atomic E-state index is -0.338. The van der Waals surface area contributed by atoms with Crippen molar-refractivity contribution in [2.24, 2.45) is 0 Å².